The number of benzene rings is 1. The number of carbonyl (C=O) groups is 1. The lowest BCUT2D eigenvalue weighted by atomic mass is 10.1. The van der Waals surface area contributed by atoms with Gasteiger partial charge in [-0.2, -0.15) is 0 Å². The number of anilines is 2. The number of hydrogen-bond acceptors (Lipinski definition) is 5. The van der Waals surface area contributed by atoms with Gasteiger partial charge in [0, 0.05) is 18.8 Å². The number of fused-ring (bicyclic) bond motifs is 1. The summed E-state index contributed by atoms with van der Waals surface area (Å²) in [6.45, 7) is 5.67. The molecule has 0 atom stereocenters. The van der Waals surface area contributed by atoms with Crippen LogP contribution < -0.4 is 10.2 Å². The van der Waals surface area contributed by atoms with E-state index in [1.54, 1.807) is 6.92 Å². The first-order valence-corrected chi connectivity index (χ1v) is 9.00. The molecule has 6 nitrogen and oxygen atoms in total. The second kappa shape index (κ2) is 6.78. The maximum absolute atomic E-state index is 13.0. The van der Waals surface area contributed by atoms with Gasteiger partial charge in [0.1, 0.15) is 17.9 Å². The second-order valence-corrected chi connectivity index (χ2v) is 6.78. The third-order valence-corrected chi connectivity index (χ3v) is 4.80. The van der Waals surface area contributed by atoms with Crippen LogP contribution in [-0.4, -0.2) is 29.0 Å². The van der Waals surface area contributed by atoms with Crippen LogP contribution in [0.15, 0.2) is 35.0 Å². The largest absolute Gasteiger partial charge is 0.442 e. The van der Waals surface area contributed by atoms with Gasteiger partial charge in [0.05, 0.1) is 10.9 Å². The molecule has 0 unspecified atom stereocenters. The number of rotatable bonds is 3. The van der Waals surface area contributed by atoms with Gasteiger partial charge in [0.2, 0.25) is 5.71 Å². The van der Waals surface area contributed by atoms with Crippen LogP contribution in [0.5, 0.6) is 0 Å². The summed E-state index contributed by atoms with van der Waals surface area (Å²) in [5, 5.41) is 3.68. The van der Waals surface area contributed by atoms with Gasteiger partial charge in [-0.05, 0) is 50.8 Å². The highest BCUT2D eigenvalue weighted by molar-refractivity contribution is 6.15. The van der Waals surface area contributed by atoms with Gasteiger partial charge in [0.25, 0.3) is 5.91 Å². The molecule has 1 saturated heterocycles. The summed E-state index contributed by atoms with van der Waals surface area (Å²) in [6.07, 6.45) is 5.01. The Bertz CT molecular complexity index is 958. The number of aryl methyl sites for hydroxylation is 2. The summed E-state index contributed by atoms with van der Waals surface area (Å²) in [4.78, 5) is 24.0. The zero-order valence-electron chi connectivity index (χ0n) is 15.1. The van der Waals surface area contributed by atoms with Crippen LogP contribution in [0.1, 0.15) is 40.9 Å². The topological polar surface area (TPSA) is 71.3 Å². The van der Waals surface area contributed by atoms with Crippen molar-refractivity contribution in [3.63, 3.8) is 0 Å². The molecule has 1 N–H and O–H groups in total. The number of amides is 1. The van der Waals surface area contributed by atoms with E-state index in [4.69, 9.17) is 4.42 Å². The summed E-state index contributed by atoms with van der Waals surface area (Å²) in [5.74, 6) is 1.16. The van der Waals surface area contributed by atoms with Crippen molar-refractivity contribution < 1.29 is 9.21 Å². The van der Waals surface area contributed by atoms with E-state index in [2.05, 4.69) is 20.2 Å². The number of hydrogen-bond donors (Lipinski definition) is 1. The highest BCUT2D eigenvalue weighted by Crippen LogP contribution is 2.33. The van der Waals surface area contributed by atoms with E-state index in [1.807, 2.05) is 31.2 Å². The van der Waals surface area contributed by atoms with Crippen molar-refractivity contribution in [1.82, 2.24) is 9.97 Å². The van der Waals surface area contributed by atoms with Crippen molar-refractivity contribution in [2.45, 2.75) is 33.1 Å². The summed E-state index contributed by atoms with van der Waals surface area (Å²) in [6, 6.07) is 7.74. The normalized spacial score (nSPS) is 14.6. The van der Waals surface area contributed by atoms with E-state index in [9.17, 15) is 4.79 Å². The number of nitrogens with zero attached hydrogens (tertiary/aromatic N) is 3. The van der Waals surface area contributed by atoms with Crippen molar-refractivity contribution in [3.8, 4) is 0 Å². The number of furan rings is 1. The Morgan fingerprint density at radius 1 is 1.15 bits per heavy atom. The second-order valence-electron chi connectivity index (χ2n) is 6.78. The van der Waals surface area contributed by atoms with E-state index in [0.29, 0.717) is 22.4 Å². The Morgan fingerprint density at radius 3 is 2.73 bits per heavy atom. The van der Waals surface area contributed by atoms with Crippen LogP contribution in [0, 0.1) is 13.8 Å². The maximum atomic E-state index is 13.0. The fraction of sp³-hybridized carbons (Fsp3) is 0.350. The zero-order valence-corrected chi connectivity index (χ0v) is 15.1. The Hall–Kier alpha value is -2.89. The molecule has 1 aromatic carbocycles. The predicted octanol–water partition coefficient (Wildman–Crippen LogP) is 4.08. The lowest BCUT2D eigenvalue weighted by Gasteiger charge is -2.28. The van der Waals surface area contributed by atoms with Crippen LogP contribution in [0.25, 0.3) is 11.1 Å². The molecule has 3 aromatic rings. The summed E-state index contributed by atoms with van der Waals surface area (Å²) >= 11 is 0. The monoisotopic (exact) mass is 350 g/mol. The van der Waals surface area contributed by atoms with Crippen molar-refractivity contribution in [2.24, 2.45) is 0 Å². The minimum absolute atomic E-state index is 0.195. The minimum atomic E-state index is -0.195. The van der Waals surface area contributed by atoms with E-state index in [1.165, 1.54) is 12.7 Å². The lowest BCUT2D eigenvalue weighted by molar-refractivity contribution is 0.102. The first-order valence-electron chi connectivity index (χ1n) is 9.00. The molecule has 1 aliphatic heterocycles. The quantitative estimate of drug-likeness (QED) is 0.770. The van der Waals surface area contributed by atoms with Crippen molar-refractivity contribution in [1.29, 1.82) is 0 Å². The van der Waals surface area contributed by atoms with Crippen molar-refractivity contribution in [3.05, 3.63) is 47.5 Å². The van der Waals surface area contributed by atoms with Crippen LogP contribution in [-0.2, 0) is 0 Å². The molecule has 2 aromatic heterocycles. The minimum Gasteiger partial charge on any atom is -0.442 e. The third-order valence-electron chi connectivity index (χ3n) is 4.80. The average Bonchev–Trinajstić information content (AvgIpc) is 2.98. The van der Waals surface area contributed by atoms with E-state index in [-0.39, 0.29) is 5.91 Å². The van der Waals surface area contributed by atoms with Gasteiger partial charge in [0.15, 0.2) is 0 Å². The van der Waals surface area contributed by atoms with E-state index >= 15 is 0 Å². The smallest absolute Gasteiger partial charge is 0.260 e. The fourth-order valence-electron chi connectivity index (χ4n) is 3.56. The van der Waals surface area contributed by atoms with Gasteiger partial charge < -0.3 is 14.6 Å². The Balaban J connectivity index is 1.76. The number of carbonyl (C=O) groups excluding carboxylic acids is 1. The Kier molecular flexibility index (Phi) is 4.32. The molecule has 134 valence electrons. The molecule has 1 fully saturated rings. The van der Waals surface area contributed by atoms with Crippen LogP contribution >= 0.6 is 0 Å². The zero-order chi connectivity index (χ0) is 18.1. The Morgan fingerprint density at radius 2 is 1.96 bits per heavy atom. The molecule has 1 amide bonds. The van der Waals surface area contributed by atoms with Gasteiger partial charge in [-0.3, -0.25) is 4.79 Å². The molecule has 0 spiro atoms. The maximum Gasteiger partial charge on any atom is 0.260 e. The van der Waals surface area contributed by atoms with Gasteiger partial charge >= 0.3 is 0 Å². The van der Waals surface area contributed by atoms with Gasteiger partial charge in [-0.1, -0.05) is 12.1 Å². The molecule has 0 aliphatic carbocycles. The highest BCUT2D eigenvalue weighted by Gasteiger charge is 2.25. The molecular formula is C20H22N4O2. The fourth-order valence-corrected chi connectivity index (χ4v) is 3.56. The van der Waals surface area contributed by atoms with Crippen LogP contribution in [0.4, 0.5) is 11.5 Å². The lowest BCUT2D eigenvalue weighted by Crippen LogP contribution is -2.30. The standard InChI is InChI=1S/C20H22N4O2/c1-13-7-6-8-15(11-13)23-19(25)16-14(2)26-20-17(16)18(21-12-22-20)24-9-4-3-5-10-24/h6-8,11-12H,3-5,9-10H2,1-2H3,(H,23,25). The average molecular weight is 350 g/mol. The first kappa shape index (κ1) is 16.6. The SMILES string of the molecule is Cc1cccc(NC(=O)c2c(C)oc3ncnc(N4CCCCC4)c23)c1. The molecule has 0 radical (unpaired) electrons. The van der Waals surface area contributed by atoms with Crippen molar-refractivity contribution in [2.75, 3.05) is 23.3 Å². The molecule has 26 heavy (non-hydrogen) atoms. The summed E-state index contributed by atoms with van der Waals surface area (Å²) in [5.41, 5.74) is 2.84. The molecule has 1 aliphatic rings. The molecule has 4 rings (SSSR count). The highest BCUT2D eigenvalue weighted by atomic mass is 16.3. The molecular weight excluding hydrogens is 328 g/mol. The number of piperidine rings is 1. The summed E-state index contributed by atoms with van der Waals surface area (Å²) < 4.78 is 5.77. The summed E-state index contributed by atoms with van der Waals surface area (Å²) in [7, 11) is 0. The molecule has 0 saturated carbocycles. The molecule has 3 heterocycles. The van der Waals surface area contributed by atoms with Crippen molar-refractivity contribution >= 4 is 28.5 Å². The van der Waals surface area contributed by atoms with E-state index in [0.717, 1.165) is 43.0 Å². The van der Waals surface area contributed by atoms with Crippen LogP contribution in [0.3, 0.4) is 0 Å². The number of nitrogens with one attached hydrogen (secondary N) is 1. The predicted molar refractivity (Wildman–Crippen MR) is 102 cm³/mol. The Labute approximate surface area is 152 Å². The van der Waals surface area contributed by atoms with E-state index < -0.39 is 0 Å². The van der Waals surface area contributed by atoms with Crippen LogP contribution in [0.2, 0.25) is 0 Å². The van der Waals surface area contributed by atoms with Gasteiger partial charge in [-0.25, -0.2) is 9.97 Å². The molecule has 0 bridgehead atoms. The first-order chi connectivity index (χ1) is 12.6. The van der Waals surface area contributed by atoms with Gasteiger partial charge in [-0.15, -0.1) is 0 Å². The molecule has 6 heteroatoms. The number of aromatic nitrogens is 2. The third kappa shape index (κ3) is 3.03.